The second-order valence-corrected chi connectivity index (χ2v) is 9.60. The molecule has 0 saturated heterocycles. The number of fused-ring (bicyclic) bond motifs is 5. The van der Waals surface area contributed by atoms with Crippen molar-refractivity contribution in [3.63, 3.8) is 0 Å². The van der Waals surface area contributed by atoms with Gasteiger partial charge in [0.15, 0.2) is 0 Å². The lowest BCUT2D eigenvalue weighted by Crippen LogP contribution is -2.20. The van der Waals surface area contributed by atoms with E-state index in [0.717, 1.165) is 41.9 Å². The molecule has 1 saturated carbocycles. The summed E-state index contributed by atoms with van der Waals surface area (Å²) in [7, 11) is 0. The van der Waals surface area contributed by atoms with Crippen LogP contribution in [0.4, 0.5) is 0 Å². The van der Waals surface area contributed by atoms with E-state index in [-0.39, 0.29) is 29.8 Å². The summed E-state index contributed by atoms with van der Waals surface area (Å²) in [4.78, 5) is 40.6. The van der Waals surface area contributed by atoms with Gasteiger partial charge >= 0.3 is 23.9 Å². The van der Waals surface area contributed by atoms with Crippen LogP contribution in [0.2, 0.25) is 0 Å². The molecule has 0 spiro atoms. The molecule has 194 valence electrons. The number of allylic oxidation sites excluding steroid dienone is 4. The standard InChI is InChI=1S/C10H12.C8H6O4.C5H12O2.C4H2O3/c1-2-9-7-4-5-8(6-7)10(9)3-1;9-7(10)5-2-1-3-6(4-5)8(11)12;1-5(2,3-6)4-7;5-3-1-2-4(6)7-3/h1-2,4-5,7-10H,3,6H2;1-4H,(H,9,10)(H,11,12);6-7H,3-4H2,1-2H3;1-2H. The van der Waals surface area contributed by atoms with Crippen LogP contribution >= 0.6 is 0 Å². The molecule has 5 rings (SSSR count). The first kappa shape index (κ1) is 28.7. The number of aliphatic hydroxyl groups excluding tert-OH is 2. The number of carboxylic acid groups (broad SMARTS) is 2. The van der Waals surface area contributed by atoms with Crippen LogP contribution in [0.15, 0.2) is 60.7 Å². The summed E-state index contributed by atoms with van der Waals surface area (Å²) in [5, 5.41) is 33.9. The highest BCUT2D eigenvalue weighted by atomic mass is 16.6. The van der Waals surface area contributed by atoms with Gasteiger partial charge in [-0.2, -0.15) is 0 Å². The first-order valence-corrected chi connectivity index (χ1v) is 11.5. The minimum absolute atomic E-state index is 0.0186. The fraction of sp³-hybridized carbons (Fsp3) is 0.407. The Morgan fingerprint density at radius 2 is 1.44 bits per heavy atom. The molecule has 0 aromatic heterocycles. The van der Waals surface area contributed by atoms with E-state index >= 15 is 0 Å². The van der Waals surface area contributed by atoms with E-state index in [4.69, 9.17) is 20.4 Å². The number of benzene rings is 1. The Morgan fingerprint density at radius 3 is 1.83 bits per heavy atom. The van der Waals surface area contributed by atoms with Crippen LogP contribution in [0.25, 0.3) is 0 Å². The van der Waals surface area contributed by atoms with Gasteiger partial charge in [-0.05, 0) is 54.7 Å². The third-order valence-corrected chi connectivity index (χ3v) is 6.22. The van der Waals surface area contributed by atoms with Gasteiger partial charge in [0.2, 0.25) is 0 Å². The quantitative estimate of drug-likeness (QED) is 0.277. The third-order valence-electron chi connectivity index (χ3n) is 6.22. The van der Waals surface area contributed by atoms with Crippen molar-refractivity contribution in [3.05, 3.63) is 71.8 Å². The van der Waals surface area contributed by atoms with Crippen molar-refractivity contribution in [2.75, 3.05) is 13.2 Å². The van der Waals surface area contributed by atoms with Crippen molar-refractivity contribution in [1.29, 1.82) is 0 Å². The summed E-state index contributed by atoms with van der Waals surface area (Å²) in [5.74, 6) is 0.412. The van der Waals surface area contributed by atoms with Crippen molar-refractivity contribution in [2.45, 2.75) is 26.7 Å². The Kier molecular flexibility index (Phi) is 10.3. The van der Waals surface area contributed by atoms with Crippen LogP contribution < -0.4 is 0 Å². The number of cyclic esters (lactones) is 2. The molecule has 9 nitrogen and oxygen atoms in total. The van der Waals surface area contributed by atoms with Gasteiger partial charge in [0.05, 0.1) is 24.3 Å². The molecule has 9 heteroatoms. The Bertz CT molecular complexity index is 1000. The first-order valence-electron chi connectivity index (χ1n) is 11.5. The van der Waals surface area contributed by atoms with Gasteiger partial charge in [-0.3, -0.25) is 0 Å². The molecule has 1 aliphatic heterocycles. The average molecular weight is 501 g/mol. The third kappa shape index (κ3) is 8.28. The van der Waals surface area contributed by atoms with Crippen molar-refractivity contribution in [1.82, 2.24) is 0 Å². The Balaban J connectivity index is 0.000000174. The molecule has 4 aliphatic rings. The smallest absolute Gasteiger partial charge is 0.338 e. The number of aliphatic hydroxyl groups is 2. The van der Waals surface area contributed by atoms with E-state index < -0.39 is 23.9 Å². The molecular formula is C27H32O9. The summed E-state index contributed by atoms with van der Waals surface area (Å²) in [5.41, 5.74) is -0.343. The van der Waals surface area contributed by atoms with Crippen molar-refractivity contribution in [3.8, 4) is 0 Å². The highest BCUT2D eigenvalue weighted by Gasteiger charge is 2.44. The van der Waals surface area contributed by atoms with Crippen molar-refractivity contribution in [2.24, 2.45) is 29.1 Å². The number of esters is 2. The number of rotatable bonds is 4. The van der Waals surface area contributed by atoms with Crippen molar-refractivity contribution < 1.29 is 44.3 Å². The molecule has 1 aromatic rings. The Labute approximate surface area is 209 Å². The maximum absolute atomic E-state index is 10.4. The summed E-state index contributed by atoms with van der Waals surface area (Å²) in [6, 6.07) is 5.20. The van der Waals surface area contributed by atoms with Gasteiger partial charge < -0.3 is 25.2 Å². The number of hydrogen-bond donors (Lipinski definition) is 4. The second kappa shape index (κ2) is 12.9. The predicted octanol–water partition coefficient (Wildman–Crippen LogP) is 3.09. The number of carboxylic acids is 2. The van der Waals surface area contributed by atoms with Gasteiger partial charge in [0.25, 0.3) is 0 Å². The van der Waals surface area contributed by atoms with Gasteiger partial charge in [-0.1, -0.05) is 44.2 Å². The highest BCUT2D eigenvalue weighted by molar-refractivity contribution is 6.04. The van der Waals surface area contributed by atoms with E-state index in [1.54, 1.807) is 13.8 Å². The number of hydrogen-bond acceptors (Lipinski definition) is 7. The topological polar surface area (TPSA) is 158 Å². The minimum Gasteiger partial charge on any atom is -0.478 e. The minimum atomic E-state index is -1.13. The molecular weight excluding hydrogens is 468 g/mol. The number of aromatic carboxylic acids is 2. The largest absolute Gasteiger partial charge is 0.478 e. The monoisotopic (exact) mass is 500 g/mol. The summed E-state index contributed by atoms with van der Waals surface area (Å²) < 4.78 is 3.97. The summed E-state index contributed by atoms with van der Waals surface area (Å²) >= 11 is 0. The Morgan fingerprint density at radius 1 is 0.917 bits per heavy atom. The maximum Gasteiger partial charge on any atom is 0.338 e. The fourth-order valence-electron chi connectivity index (χ4n) is 4.11. The van der Waals surface area contributed by atoms with E-state index in [1.165, 1.54) is 31.0 Å². The summed E-state index contributed by atoms with van der Waals surface area (Å²) in [6.45, 7) is 3.69. The van der Waals surface area contributed by atoms with Gasteiger partial charge in [-0.15, -0.1) is 0 Å². The molecule has 0 amide bonds. The molecule has 4 atom stereocenters. The van der Waals surface area contributed by atoms with Gasteiger partial charge in [-0.25, -0.2) is 19.2 Å². The van der Waals surface area contributed by atoms with Gasteiger partial charge in [0, 0.05) is 17.6 Å². The zero-order valence-electron chi connectivity index (χ0n) is 20.2. The molecule has 1 aromatic carbocycles. The van der Waals surface area contributed by atoms with Crippen LogP contribution in [0.3, 0.4) is 0 Å². The van der Waals surface area contributed by atoms with Crippen LogP contribution in [0, 0.1) is 29.1 Å². The zero-order chi connectivity index (χ0) is 26.9. The van der Waals surface area contributed by atoms with Crippen LogP contribution in [-0.2, 0) is 14.3 Å². The molecule has 36 heavy (non-hydrogen) atoms. The first-order chi connectivity index (χ1) is 17.0. The van der Waals surface area contributed by atoms with Crippen LogP contribution in [-0.4, -0.2) is 57.5 Å². The van der Waals surface area contributed by atoms with Crippen LogP contribution in [0.5, 0.6) is 0 Å². The number of ether oxygens (including phenoxy) is 1. The molecule has 0 radical (unpaired) electrons. The molecule has 3 aliphatic carbocycles. The lowest BCUT2D eigenvalue weighted by molar-refractivity contribution is -0.150. The predicted molar refractivity (Wildman–Crippen MR) is 130 cm³/mol. The molecule has 1 fully saturated rings. The number of carbonyl (C=O) groups is 4. The van der Waals surface area contributed by atoms with E-state index in [1.807, 2.05) is 0 Å². The van der Waals surface area contributed by atoms with Crippen LogP contribution in [0.1, 0.15) is 47.4 Å². The number of carbonyl (C=O) groups excluding carboxylic acids is 2. The molecule has 1 heterocycles. The SMILES string of the molecule is C1=CC2C3C=CC(C3)C2C1.CC(C)(CO)CO.O=C(O)c1cccc(C(=O)O)c1.O=C1C=CC(=O)O1. The van der Waals surface area contributed by atoms with Gasteiger partial charge in [0.1, 0.15) is 0 Å². The van der Waals surface area contributed by atoms with Crippen molar-refractivity contribution >= 4 is 23.9 Å². The van der Waals surface area contributed by atoms with E-state index in [2.05, 4.69) is 29.0 Å². The lowest BCUT2D eigenvalue weighted by Gasteiger charge is -2.18. The fourth-order valence-corrected chi connectivity index (χ4v) is 4.11. The normalized spacial score (nSPS) is 24.0. The maximum atomic E-state index is 10.4. The molecule has 2 bridgehead atoms. The second-order valence-electron chi connectivity index (χ2n) is 9.60. The van der Waals surface area contributed by atoms with E-state index in [0.29, 0.717) is 0 Å². The molecule has 4 unspecified atom stereocenters. The molecule has 4 N–H and O–H groups in total. The Hall–Kier alpha value is -3.56. The lowest BCUT2D eigenvalue weighted by atomic mass is 9.86. The highest BCUT2D eigenvalue weighted by Crippen LogP contribution is 2.52. The zero-order valence-corrected chi connectivity index (χ0v) is 20.2. The average Bonchev–Trinajstić information content (AvgIpc) is 3.64. The summed E-state index contributed by atoms with van der Waals surface area (Å²) in [6.07, 6.45) is 14.7. The van der Waals surface area contributed by atoms with E-state index in [9.17, 15) is 19.2 Å².